The van der Waals surface area contributed by atoms with Crippen LogP contribution in [0.4, 0.5) is 10.5 Å². The lowest BCUT2D eigenvalue weighted by Gasteiger charge is -2.26. The standard InChI is InChI=1S/C26H29ClN4O5S/c1-15-9-12-37-19(15)14-20(32)31(25(35)29-36-26(2,3)4)22-21(24(34)30-10-5-6-11-30)28-18-13-16(27)7-8-17(18)23(22)33/h7-9,12-13H,5-6,10-11,14H2,1-4H3,(H,28,33)(H,29,35). The van der Waals surface area contributed by atoms with Gasteiger partial charge in [0, 0.05) is 28.4 Å². The summed E-state index contributed by atoms with van der Waals surface area (Å²) in [5.74, 6) is -1.14. The number of rotatable bonds is 5. The average Bonchev–Trinajstić information content (AvgIpc) is 3.50. The maximum Gasteiger partial charge on any atom is 0.352 e. The first-order valence-corrected chi connectivity index (χ1v) is 13.2. The molecule has 4 amide bonds. The molecule has 0 spiro atoms. The second-order valence-electron chi connectivity index (χ2n) is 9.92. The molecule has 11 heteroatoms. The van der Waals surface area contributed by atoms with Crippen molar-refractivity contribution in [2.75, 3.05) is 18.0 Å². The molecule has 1 aromatic carbocycles. The van der Waals surface area contributed by atoms with Gasteiger partial charge in [0.2, 0.25) is 11.3 Å². The molecule has 4 rings (SSSR count). The number of anilines is 1. The van der Waals surface area contributed by atoms with Crippen molar-refractivity contribution in [1.82, 2.24) is 15.4 Å². The molecular weight excluding hydrogens is 516 g/mol. The van der Waals surface area contributed by atoms with Crippen LogP contribution in [0.5, 0.6) is 0 Å². The van der Waals surface area contributed by atoms with Crippen molar-refractivity contribution >= 4 is 57.4 Å². The van der Waals surface area contributed by atoms with Crippen molar-refractivity contribution in [3.8, 4) is 0 Å². The summed E-state index contributed by atoms with van der Waals surface area (Å²) in [5.41, 5.74) is 1.60. The number of halogens is 1. The number of urea groups is 1. The van der Waals surface area contributed by atoms with Gasteiger partial charge in [-0.1, -0.05) is 11.6 Å². The molecule has 37 heavy (non-hydrogen) atoms. The predicted molar refractivity (Wildman–Crippen MR) is 144 cm³/mol. The van der Waals surface area contributed by atoms with E-state index in [0.717, 1.165) is 28.2 Å². The number of benzene rings is 1. The van der Waals surface area contributed by atoms with Gasteiger partial charge in [-0.2, -0.15) is 0 Å². The summed E-state index contributed by atoms with van der Waals surface area (Å²) < 4.78 is 0. The molecule has 196 valence electrons. The summed E-state index contributed by atoms with van der Waals surface area (Å²) >= 11 is 7.52. The van der Waals surface area contributed by atoms with E-state index in [4.69, 9.17) is 16.4 Å². The number of H-pyrrole nitrogens is 1. The molecular formula is C26H29ClN4O5S. The first kappa shape index (κ1) is 26.8. The van der Waals surface area contributed by atoms with Crippen LogP contribution in [-0.2, 0) is 16.1 Å². The van der Waals surface area contributed by atoms with Crippen LogP contribution in [0, 0.1) is 6.92 Å². The van der Waals surface area contributed by atoms with Gasteiger partial charge in [-0.05, 0) is 75.7 Å². The van der Waals surface area contributed by atoms with Crippen molar-refractivity contribution < 1.29 is 19.2 Å². The molecule has 1 saturated heterocycles. The molecule has 1 fully saturated rings. The number of pyridine rings is 1. The zero-order chi connectivity index (χ0) is 26.9. The van der Waals surface area contributed by atoms with Crippen LogP contribution < -0.4 is 15.8 Å². The lowest BCUT2D eigenvalue weighted by Crippen LogP contribution is -2.49. The zero-order valence-corrected chi connectivity index (χ0v) is 22.7. The summed E-state index contributed by atoms with van der Waals surface area (Å²) in [6.45, 7) is 8.06. The number of imide groups is 1. The van der Waals surface area contributed by atoms with E-state index in [2.05, 4.69) is 10.5 Å². The minimum absolute atomic E-state index is 0.137. The Morgan fingerprint density at radius 1 is 1.19 bits per heavy atom. The average molecular weight is 545 g/mol. The molecule has 2 aromatic heterocycles. The quantitative estimate of drug-likeness (QED) is 0.448. The Hall–Kier alpha value is -3.21. The molecule has 9 nitrogen and oxygen atoms in total. The number of aromatic amines is 1. The molecule has 0 unspecified atom stereocenters. The smallest absolute Gasteiger partial charge is 0.349 e. The number of fused-ring (bicyclic) bond motifs is 1. The van der Waals surface area contributed by atoms with Crippen LogP contribution in [0.3, 0.4) is 0 Å². The highest BCUT2D eigenvalue weighted by molar-refractivity contribution is 7.10. The summed E-state index contributed by atoms with van der Waals surface area (Å²) in [6, 6.07) is 5.47. The maximum atomic E-state index is 13.9. The highest BCUT2D eigenvalue weighted by atomic mass is 35.5. The fourth-order valence-electron chi connectivity index (χ4n) is 4.08. The Kier molecular flexibility index (Phi) is 7.72. The molecule has 3 aromatic rings. The number of carbonyl (C=O) groups is 3. The molecule has 1 aliphatic heterocycles. The van der Waals surface area contributed by atoms with Gasteiger partial charge >= 0.3 is 6.03 Å². The van der Waals surface area contributed by atoms with Gasteiger partial charge in [0.05, 0.1) is 17.5 Å². The highest BCUT2D eigenvalue weighted by Crippen LogP contribution is 2.26. The van der Waals surface area contributed by atoms with E-state index in [1.165, 1.54) is 29.5 Å². The number of hydrogen-bond donors (Lipinski definition) is 2. The van der Waals surface area contributed by atoms with Crippen LogP contribution in [0.2, 0.25) is 5.02 Å². The number of amides is 4. The number of nitrogens with zero attached hydrogens (tertiary/aromatic N) is 2. The lowest BCUT2D eigenvalue weighted by molar-refractivity contribution is -0.117. The zero-order valence-electron chi connectivity index (χ0n) is 21.1. The Labute approximate surface area is 223 Å². The normalized spacial score (nSPS) is 13.7. The third-order valence-corrected chi connectivity index (χ3v) is 7.20. The summed E-state index contributed by atoms with van der Waals surface area (Å²) in [6.07, 6.45) is 1.51. The Morgan fingerprint density at radius 2 is 1.89 bits per heavy atom. The minimum atomic E-state index is -0.969. The van der Waals surface area contributed by atoms with Crippen molar-refractivity contribution in [2.24, 2.45) is 0 Å². The van der Waals surface area contributed by atoms with Crippen LogP contribution in [-0.4, -0.2) is 46.4 Å². The van der Waals surface area contributed by atoms with Gasteiger partial charge in [-0.3, -0.25) is 19.2 Å². The van der Waals surface area contributed by atoms with Gasteiger partial charge in [0.1, 0.15) is 11.4 Å². The highest BCUT2D eigenvalue weighted by Gasteiger charge is 2.35. The fourth-order valence-corrected chi connectivity index (χ4v) is 5.15. The van der Waals surface area contributed by atoms with E-state index in [0.29, 0.717) is 23.6 Å². The Bertz CT molecular complexity index is 1420. The third-order valence-electron chi connectivity index (χ3n) is 5.95. The number of aryl methyl sites for hydroxylation is 1. The Balaban J connectivity index is 1.90. The topological polar surface area (TPSA) is 112 Å². The van der Waals surface area contributed by atoms with Crippen molar-refractivity contribution in [1.29, 1.82) is 0 Å². The first-order valence-electron chi connectivity index (χ1n) is 11.9. The van der Waals surface area contributed by atoms with E-state index in [1.54, 1.807) is 25.7 Å². The third kappa shape index (κ3) is 5.87. The Morgan fingerprint density at radius 3 is 2.51 bits per heavy atom. The van der Waals surface area contributed by atoms with Crippen molar-refractivity contribution in [3.63, 3.8) is 0 Å². The van der Waals surface area contributed by atoms with Gasteiger partial charge in [0.25, 0.3) is 5.91 Å². The van der Waals surface area contributed by atoms with E-state index >= 15 is 0 Å². The number of likely N-dealkylation sites (tertiary alicyclic amines) is 1. The van der Waals surface area contributed by atoms with E-state index in [9.17, 15) is 19.2 Å². The van der Waals surface area contributed by atoms with E-state index < -0.39 is 28.9 Å². The van der Waals surface area contributed by atoms with Gasteiger partial charge < -0.3 is 9.88 Å². The monoisotopic (exact) mass is 544 g/mol. The van der Waals surface area contributed by atoms with E-state index in [-0.39, 0.29) is 23.2 Å². The lowest BCUT2D eigenvalue weighted by atomic mass is 10.1. The molecule has 1 aliphatic rings. The number of carbonyl (C=O) groups excluding carboxylic acids is 3. The number of hydroxylamine groups is 1. The summed E-state index contributed by atoms with van der Waals surface area (Å²) in [7, 11) is 0. The van der Waals surface area contributed by atoms with Crippen molar-refractivity contribution in [2.45, 2.75) is 52.6 Å². The SMILES string of the molecule is Cc1ccsc1CC(=O)N(C(=O)NOC(C)(C)C)c1c(C(=O)N2CCCC2)[nH]c2cc(Cl)ccc2c1=O. The number of aromatic nitrogens is 1. The molecule has 0 saturated carbocycles. The van der Waals surface area contributed by atoms with E-state index in [1.807, 2.05) is 18.4 Å². The van der Waals surface area contributed by atoms with Crippen LogP contribution in [0.25, 0.3) is 10.9 Å². The molecule has 0 bridgehead atoms. The maximum absolute atomic E-state index is 13.9. The summed E-state index contributed by atoms with van der Waals surface area (Å²) in [5, 5.41) is 2.40. The fraction of sp³-hybridized carbons (Fsp3) is 0.385. The van der Waals surface area contributed by atoms with Gasteiger partial charge in [-0.25, -0.2) is 15.2 Å². The van der Waals surface area contributed by atoms with Crippen LogP contribution >= 0.6 is 22.9 Å². The second kappa shape index (κ2) is 10.6. The first-order chi connectivity index (χ1) is 17.5. The minimum Gasteiger partial charge on any atom is -0.349 e. The largest absolute Gasteiger partial charge is 0.352 e. The molecule has 0 radical (unpaired) electrons. The number of nitrogens with one attached hydrogen (secondary N) is 2. The number of thiophene rings is 1. The summed E-state index contributed by atoms with van der Waals surface area (Å²) in [4.78, 5) is 66.1. The van der Waals surface area contributed by atoms with Crippen LogP contribution in [0.1, 0.15) is 54.5 Å². The molecule has 3 heterocycles. The second-order valence-corrected chi connectivity index (χ2v) is 11.4. The molecule has 0 atom stereocenters. The number of hydrogen-bond acceptors (Lipinski definition) is 6. The molecule has 2 N–H and O–H groups in total. The van der Waals surface area contributed by atoms with Gasteiger partial charge in [-0.15, -0.1) is 11.3 Å². The van der Waals surface area contributed by atoms with Gasteiger partial charge in [0.15, 0.2) is 0 Å². The molecule has 0 aliphatic carbocycles. The van der Waals surface area contributed by atoms with Crippen molar-refractivity contribution in [3.05, 3.63) is 61.0 Å². The predicted octanol–water partition coefficient (Wildman–Crippen LogP) is 4.80. The van der Waals surface area contributed by atoms with Crippen LogP contribution in [0.15, 0.2) is 34.4 Å².